The summed E-state index contributed by atoms with van der Waals surface area (Å²) in [5.74, 6) is -3.20. The highest BCUT2D eigenvalue weighted by molar-refractivity contribution is 6.09. The molecule has 23 heavy (non-hydrogen) atoms. The van der Waals surface area contributed by atoms with Gasteiger partial charge in [0.25, 0.3) is 0 Å². The maximum Gasteiger partial charge on any atom is 0.239 e. The molecule has 0 saturated carbocycles. The molecule has 124 valence electrons. The van der Waals surface area contributed by atoms with Crippen molar-refractivity contribution in [3.8, 4) is 0 Å². The zero-order valence-corrected chi connectivity index (χ0v) is 12.9. The molecule has 2 atom stereocenters. The zero-order valence-electron chi connectivity index (χ0n) is 12.9. The number of carbonyl (C=O) groups excluding carboxylic acids is 2. The maximum absolute atomic E-state index is 13.4. The lowest BCUT2D eigenvalue weighted by Gasteiger charge is -2.35. The van der Waals surface area contributed by atoms with Gasteiger partial charge >= 0.3 is 0 Å². The second-order valence-corrected chi connectivity index (χ2v) is 6.01. The van der Waals surface area contributed by atoms with Crippen molar-refractivity contribution in [3.05, 3.63) is 29.8 Å². The smallest absolute Gasteiger partial charge is 0.239 e. The van der Waals surface area contributed by atoms with Crippen molar-refractivity contribution in [3.63, 3.8) is 0 Å². The monoisotopic (exact) mass is 323 g/mol. The van der Waals surface area contributed by atoms with Crippen LogP contribution in [0.2, 0.25) is 0 Å². The van der Waals surface area contributed by atoms with Crippen LogP contribution in [0, 0.1) is 17.6 Å². The van der Waals surface area contributed by atoms with Gasteiger partial charge in [0.15, 0.2) is 11.6 Å². The number of amides is 2. The Bertz CT molecular complexity index is 638. The third kappa shape index (κ3) is 2.93. The Kier molecular flexibility index (Phi) is 4.30. The molecule has 2 heterocycles. The Balaban J connectivity index is 1.75. The molecule has 1 aromatic rings. The third-order valence-electron chi connectivity index (χ3n) is 4.50. The molecular weight excluding hydrogens is 304 g/mol. The first-order chi connectivity index (χ1) is 11.0. The standard InChI is InChI=1S/C16H19F2N3O2/c1-10-9-19-5-7-20(10)15(22)12-4-6-21(16(12)23)11-2-3-13(17)14(18)8-11/h2-3,8,10,12,19H,4-7,9H2,1H3/t10-,12+/m1/s1. The van der Waals surface area contributed by atoms with Crippen molar-refractivity contribution in [2.75, 3.05) is 31.1 Å². The Hall–Kier alpha value is -2.02. The van der Waals surface area contributed by atoms with Gasteiger partial charge in [-0.15, -0.1) is 0 Å². The molecule has 2 aliphatic rings. The SMILES string of the molecule is C[C@@H]1CNCCN1C(=O)[C@@H]1CCN(c2ccc(F)c(F)c2)C1=O. The minimum absolute atomic E-state index is 0.0429. The van der Waals surface area contributed by atoms with E-state index in [0.29, 0.717) is 32.6 Å². The molecular formula is C16H19F2N3O2. The summed E-state index contributed by atoms with van der Waals surface area (Å²) in [5, 5.41) is 3.20. The summed E-state index contributed by atoms with van der Waals surface area (Å²) in [7, 11) is 0. The van der Waals surface area contributed by atoms with Crippen molar-refractivity contribution in [1.29, 1.82) is 0 Å². The number of nitrogens with zero attached hydrogens (tertiary/aromatic N) is 2. The van der Waals surface area contributed by atoms with E-state index < -0.39 is 17.6 Å². The van der Waals surface area contributed by atoms with E-state index in [0.717, 1.165) is 12.1 Å². The molecule has 3 rings (SSSR count). The molecule has 7 heteroatoms. The highest BCUT2D eigenvalue weighted by atomic mass is 19.2. The number of hydrogen-bond donors (Lipinski definition) is 1. The predicted molar refractivity (Wildman–Crippen MR) is 80.9 cm³/mol. The highest BCUT2D eigenvalue weighted by Crippen LogP contribution is 2.28. The molecule has 0 unspecified atom stereocenters. The topological polar surface area (TPSA) is 52.7 Å². The van der Waals surface area contributed by atoms with E-state index in [1.54, 1.807) is 4.90 Å². The molecule has 1 N–H and O–H groups in total. The van der Waals surface area contributed by atoms with Crippen molar-refractivity contribution in [1.82, 2.24) is 10.2 Å². The average Bonchev–Trinajstić information content (AvgIpc) is 2.91. The summed E-state index contributed by atoms with van der Waals surface area (Å²) in [6, 6.07) is 3.39. The van der Waals surface area contributed by atoms with Crippen LogP contribution in [0.5, 0.6) is 0 Å². The van der Waals surface area contributed by atoms with E-state index in [4.69, 9.17) is 0 Å². The minimum atomic E-state index is -0.999. The fraction of sp³-hybridized carbons (Fsp3) is 0.500. The molecule has 1 aromatic carbocycles. The van der Waals surface area contributed by atoms with Crippen LogP contribution in [-0.2, 0) is 9.59 Å². The second kappa shape index (κ2) is 6.23. The second-order valence-electron chi connectivity index (χ2n) is 6.01. The summed E-state index contributed by atoms with van der Waals surface area (Å²) < 4.78 is 26.4. The summed E-state index contributed by atoms with van der Waals surface area (Å²) in [6.45, 7) is 4.27. The summed E-state index contributed by atoms with van der Waals surface area (Å²) in [5.41, 5.74) is 0.289. The fourth-order valence-corrected chi connectivity index (χ4v) is 3.19. The van der Waals surface area contributed by atoms with Gasteiger partial charge in [0.1, 0.15) is 5.92 Å². The Morgan fingerprint density at radius 2 is 2.04 bits per heavy atom. The van der Waals surface area contributed by atoms with Crippen LogP contribution in [0.25, 0.3) is 0 Å². The highest BCUT2D eigenvalue weighted by Gasteiger charge is 2.41. The molecule has 5 nitrogen and oxygen atoms in total. The molecule has 2 amide bonds. The molecule has 2 fully saturated rings. The van der Waals surface area contributed by atoms with Crippen molar-refractivity contribution < 1.29 is 18.4 Å². The first-order valence-electron chi connectivity index (χ1n) is 7.76. The minimum Gasteiger partial charge on any atom is -0.337 e. The number of anilines is 1. The fourth-order valence-electron chi connectivity index (χ4n) is 3.19. The lowest BCUT2D eigenvalue weighted by atomic mass is 10.0. The lowest BCUT2D eigenvalue weighted by Crippen LogP contribution is -2.54. The van der Waals surface area contributed by atoms with Gasteiger partial charge in [-0.3, -0.25) is 9.59 Å². The van der Waals surface area contributed by atoms with Crippen LogP contribution in [0.3, 0.4) is 0 Å². The van der Waals surface area contributed by atoms with Gasteiger partial charge < -0.3 is 15.1 Å². The molecule has 0 bridgehead atoms. The molecule has 0 aliphatic carbocycles. The molecule has 0 spiro atoms. The largest absolute Gasteiger partial charge is 0.337 e. The van der Waals surface area contributed by atoms with Gasteiger partial charge in [-0.25, -0.2) is 8.78 Å². The summed E-state index contributed by atoms with van der Waals surface area (Å²) in [6.07, 6.45) is 0.396. The van der Waals surface area contributed by atoms with Crippen LogP contribution in [-0.4, -0.2) is 48.9 Å². The van der Waals surface area contributed by atoms with E-state index in [2.05, 4.69) is 5.32 Å². The van der Waals surface area contributed by atoms with Gasteiger partial charge in [-0.05, 0) is 25.5 Å². The summed E-state index contributed by atoms with van der Waals surface area (Å²) in [4.78, 5) is 28.3. The molecule has 0 radical (unpaired) electrons. The molecule has 2 saturated heterocycles. The number of piperazine rings is 1. The van der Waals surface area contributed by atoms with Crippen molar-refractivity contribution in [2.45, 2.75) is 19.4 Å². The van der Waals surface area contributed by atoms with Gasteiger partial charge in [0.2, 0.25) is 11.8 Å². The zero-order chi connectivity index (χ0) is 16.6. The first kappa shape index (κ1) is 15.9. The van der Waals surface area contributed by atoms with Crippen molar-refractivity contribution >= 4 is 17.5 Å². The van der Waals surface area contributed by atoms with Gasteiger partial charge in [0.05, 0.1) is 0 Å². The number of halogens is 2. The quantitative estimate of drug-likeness (QED) is 0.831. The van der Waals surface area contributed by atoms with E-state index >= 15 is 0 Å². The predicted octanol–water partition coefficient (Wildman–Crippen LogP) is 1.14. The third-order valence-corrected chi connectivity index (χ3v) is 4.50. The Labute approximate surface area is 133 Å². The Morgan fingerprint density at radius 1 is 1.26 bits per heavy atom. The summed E-state index contributed by atoms with van der Waals surface area (Å²) >= 11 is 0. The molecule has 2 aliphatic heterocycles. The number of benzene rings is 1. The van der Waals surface area contributed by atoms with E-state index in [9.17, 15) is 18.4 Å². The normalized spacial score (nSPS) is 25.1. The van der Waals surface area contributed by atoms with Crippen LogP contribution in [0.4, 0.5) is 14.5 Å². The van der Waals surface area contributed by atoms with E-state index in [-0.39, 0.29) is 23.5 Å². The number of rotatable bonds is 2. The van der Waals surface area contributed by atoms with E-state index in [1.165, 1.54) is 11.0 Å². The van der Waals surface area contributed by atoms with Gasteiger partial charge in [-0.2, -0.15) is 0 Å². The van der Waals surface area contributed by atoms with Crippen LogP contribution < -0.4 is 10.2 Å². The van der Waals surface area contributed by atoms with Gasteiger partial charge in [-0.1, -0.05) is 0 Å². The van der Waals surface area contributed by atoms with Crippen LogP contribution in [0.15, 0.2) is 18.2 Å². The van der Waals surface area contributed by atoms with Crippen molar-refractivity contribution in [2.24, 2.45) is 5.92 Å². The van der Waals surface area contributed by atoms with Crippen LogP contribution in [0.1, 0.15) is 13.3 Å². The van der Waals surface area contributed by atoms with Gasteiger partial charge in [0, 0.05) is 44.0 Å². The van der Waals surface area contributed by atoms with E-state index in [1.807, 2.05) is 6.92 Å². The Morgan fingerprint density at radius 3 is 2.74 bits per heavy atom. The number of hydrogen-bond acceptors (Lipinski definition) is 3. The number of carbonyl (C=O) groups is 2. The molecule has 0 aromatic heterocycles. The lowest BCUT2D eigenvalue weighted by molar-refractivity contribution is -0.142. The van der Waals surface area contributed by atoms with Crippen LogP contribution >= 0.6 is 0 Å². The maximum atomic E-state index is 13.4. The average molecular weight is 323 g/mol. The number of nitrogens with one attached hydrogen (secondary N) is 1. The first-order valence-corrected chi connectivity index (χ1v) is 7.76.